The highest BCUT2D eigenvalue weighted by atomic mass is 32.2. The van der Waals surface area contributed by atoms with Gasteiger partial charge in [0, 0.05) is 10.9 Å². The summed E-state index contributed by atoms with van der Waals surface area (Å²) in [6, 6.07) is 9.16. The summed E-state index contributed by atoms with van der Waals surface area (Å²) < 4.78 is 0. The van der Waals surface area contributed by atoms with Crippen molar-refractivity contribution in [3.05, 3.63) is 29.8 Å². The smallest absolute Gasteiger partial charge is 0.0297 e. The molecule has 0 aliphatic heterocycles. The van der Waals surface area contributed by atoms with Crippen LogP contribution in [-0.4, -0.2) is 5.75 Å². The van der Waals surface area contributed by atoms with E-state index in [1.807, 2.05) is 11.8 Å². The highest BCUT2D eigenvalue weighted by Gasteiger charge is 2.39. The van der Waals surface area contributed by atoms with Crippen LogP contribution in [0.1, 0.15) is 50.6 Å². The third kappa shape index (κ3) is 3.00. The molecule has 2 saturated carbocycles. The first-order valence-corrected chi connectivity index (χ1v) is 8.73. The fourth-order valence-electron chi connectivity index (χ4n) is 4.11. The van der Waals surface area contributed by atoms with Crippen LogP contribution in [0.4, 0.5) is 0 Å². The Morgan fingerprint density at radius 2 is 2.00 bits per heavy atom. The highest BCUT2D eigenvalue weighted by molar-refractivity contribution is 7.99. The van der Waals surface area contributed by atoms with Crippen molar-refractivity contribution < 1.29 is 0 Å². The van der Waals surface area contributed by atoms with Crippen LogP contribution < -0.4 is 5.73 Å². The van der Waals surface area contributed by atoms with Crippen LogP contribution in [0.3, 0.4) is 0 Å². The van der Waals surface area contributed by atoms with Crippen molar-refractivity contribution in [1.29, 1.82) is 0 Å². The topological polar surface area (TPSA) is 26.0 Å². The normalized spacial score (nSPS) is 30.7. The fraction of sp³-hybridized carbons (Fsp3) is 0.647. The van der Waals surface area contributed by atoms with Crippen LogP contribution in [0, 0.1) is 17.8 Å². The van der Waals surface area contributed by atoms with Crippen LogP contribution >= 0.6 is 11.8 Å². The lowest BCUT2D eigenvalue weighted by molar-refractivity contribution is 0.296. The Morgan fingerprint density at radius 3 is 2.58 bits per heavy atom. The van der Waals surface area contributed by atoms with Crippen LogP contribution in [-0.2, 0) is 0 Å². The maximum Gasteiger partial charge on any atom is 0.0297 e. The molecule has 4 atom stereocenters. The van der Waals surface area contributed by atoms with Gasteiger partial charge in [0.2, 0.25) is 0 Å². The Kier molecular flexibility index (Phi) is 4.18. The van der Waals surface area contributed by atoms with Gasteiger partial charge in [-0.15, -0.1) is 11.8 Å². The van der Waals surface area contributed by atoms with Crippen LogP contribution in [0.5, 0.6) is 0 Å². The second-order valence-electron chi connectivity index (χ2n) is 6.28. The van der Waals surface area contributed by atoms with Crippen molar-refractivity contribution in [1.82, 2.24) is 0 Å². The van der Waals surface area contributed by atoms with Crippen LogP contribution in [0.2, 0.25) is 0 Å². The van der Waals surface area contributed by atoms with Crippen molar-refractivity contribution in [3.8, 4) is 0 Å². The largest absolute Gasteiger partial charge is 0.324 e. The molecule has 0 amide bonds. The molecule has 2 N–H and O–H groups in total. The average molecular weight is 275 g/mol. The molecule has 1 nitrogen and oxygen atoms in total. The number of rotatable bonds is 5. The zero-order valence-corrected chi connectivity index (χ0v) is 12.7. The molecule has 0 heterocycles. The van der Waals surface area contributed by atoms with Gasteiger partial charge in [-0.1, -0.05) is 25.5 Å². The Balaban J connectivity index is 1.59. The molecular formula is C17H25NS. The lowest BCUT2D eigenvalue weighted by Crippen LogP contribution is -2.19. The monoisotopic (exact) mass is 275 g/mol. The van der Waals surface area contributed by atoms with Gasteiger partial charge in [0.15, 0.2) is 0 Å². The summed E-state index contributed by atoms with van der Waals surface area (Å²) in [4.78, 5) is 1.36. The second-order valence-corrected chi connectivity index (χ2v) is 7.62. The summed E-state index contributed by atoms with van der Waals surface area (Å²) in [6.07, 6.45) is 7.08. The molecule has 0 saturated heterocycles. The van der Waals surface area contributed by atoms with E-state index in [-0.39, 0.29) is 6.04 Å². The molecule has 2 heteroatoms. The van der Waals surface area contributed by atoms with E-state index >= 15 is 0 Å². The van der Waals surface area contributed by atoms with E-state index in [9.17, 15) is 0 Å². The van der Waals surface area contributed by atoms with Gasteiger partial charge in [-0.3, -0.25) is 0 Å². The van der Waals surface area contributed by atoms with Gasteiger partial charge in [-0.05, 0) is 66.9 Å². The summed E-state index contributed by atoms with van der Waals surface area (Å²) >= 11 is 1.90. The van der Waals surface area contributed by atoms with Crippen molar-refractivity contribution >= 4 is 11.8 Å². The first-order valence-electron chi connectivity index (χ1n) is 7.74. The van der Waals surface area contributed by atoms with E-state index in [1.54, 1.807) is 0 Å². The van der Waals surface area contributed by atoms with Gasteiger partial charge in [-0.25, -0.2) is 0 Å². The summed E-state index contributed by atoms with van der Waals surface area (Å²) in [5, 5.41) is 0. The van der Waals surface area contributed by atoms with Crippen molar-refractivity contribution in [2.75, 3.05) is 5.75 Å². The van der Waals surface area contributed by atoms with E-state index in [1.165, 1.54) is 42.6 Å². The molecule has 2 aliphatic carbocycles. The van der Waals surface area contributed by atoms with E-state index in [2.05, 4.69) is 31.2 Å². The van der Waals surface area contributed by atoms with Gasteiger partial charge in [0.05, 0.1) is 0 Å². The van der Waals surface area contributed by atoms with Gasteiger partial charge in [-0.2, -0.15) is 0 Å². The standard InChI is InChI=1S/C17H25NS/c1-2-19-16-7-5-13(6-8-16)17(18)11-15-10-12-3-4-14(15)9-12/h5-8,12,14-15,17H,2-4,9-11,18H2,1H3. The van der Waals surface area contributed by atoms with Gasteiger partial charge in [0.1, 0.15) is 0 Å². The third-order valence-electron chi connectivity index (χ3n) is 5.06. The Labute approximate surface area is 121 Å². The first-order chi connectivity index (χ1) is 9.26. The van der Waals surface area contributed by atoms with Crippen LogP contribution in [0.25, 0.3) is 0 Å². The van der Waals surface area contributed by atoms with Crippen LogP contribution in [0.15, 0.2) is 29.2 Å². The molecule has 3 rings (SSSR count). The summed E-state index contributed by atoms with van der Waals surface area (Å²) in [5.74, 6) is 4.06. The molecular weight excluding hydrogens is 250 g/mol. The fourth-order valence-corrected chi connectivity index (χ4v) is 4.77. The molecule has 4 unspecified atom stereocenters. The first kappa shape index (κ1) is 13.5. The highest BCUT2D eigenvalue weighted by Crippen LogP contribution is 2.50. The summed E-state index contributed by atoms with van der Waals surface area (Å²) in [5.41, 5.74) is 7.75. The van der Waals surface area contributed by atoms with Crippen molar-refractivity contribution in [2.24, 2.45) is 23.5 Å². The number of nitrogens with two attached hydrogens (primary N) is 1. The number of hydrogen-bond donors (Lipinski definition) is 1. The Morgan fingerprint density at radius 1 is 1.21 bits per heavy atom. The molecule has 2 fully saturated rings. The minimum absolute atomic E-state index is 0.241. The lowest BCUT2D eigenvalue weighted by Gasteiger charge is -2.25. The zero-order chi connectivity index (χ0) is 13.2. The summed E-state index contributed by atoms with van der Waals surface area (Å²) in [7, 11) is 0. The molecule has 1 aromatic carbocycles. The average Bonchev–Trinajstić information content (AvgIpc) is 3.02. The minimum Gasteiger partial charge on any atom is -0.324 e. The molecule has 0 aromatic heterocycles. The molecule has 2 aliphatic rings. The lowest BCUT2D eigenvalue weighted by atomic mass is 9.83. The molecule has 19 heavy (non-hydrogen) atoms. The van der Waals surface area contributed by atoms with Gasteiger partial charge < -0.3 is 5.73 Å². The maximum atomic E-state index is 6.42. The van der Waals surface area contributed by atoms with Gasteiger partial charge >= 0.3 is 0 Å². The zero-order valence-electron chi connectivity index (χ0n) is 11.8. The van der Waals surface area contributed by atoms with Crippen molar-refractivity contribution in [3.63, 3.8) is 0 Å². The molecule has 1 aromatic rings. The van der Waals surface area contributed by atoms with E-state index < -0.39 is 0 Å². The van der Waals surface area contributed by atoms with Crippen molar-refractivity contribution in [2.45, 2.75) is 50.0 Å². The number of fused-ring (bicyclic) bond motifs is 2. The van der Waals surface area contributed by atoms with Gasteiger partial charge in [0.25, 0.3) is 0 Å². The SMILES string of the molecule is CCSc1ccc(C(N)CC2CC3CCC2C3)cc1. The predicted octanol–water partition coefficient (Wildman–Crippen LogP) is 4.62. The minimum atomic E-state index is 0.241. The Hall–Kier alpha value is -0.470. The quantitative estimate of drug-likeness (QED) is 0.793. The summed E-state index contributed by atoms with van der Waals surface area (Å²) in [6.45, 7) is 2.19. The van der Waals surface area contributed by atoms with E-state index in [4.69, 9.17) is 5.73 Å². The number of thioether (sulfide) groups is 1. The molecule has 0 radical (unpaired) electrons. The number of hydrogen-bond acceptors (Lipinski definition) is 2. The third-order valence-corrected chi connectivity index (χ3v) is 5.95. The maximum absolute atomic E-state index is 6.42. The molecule has 2 bridgehead atoms. The number of benzene rings is 1. The predicted molar refractivity (Wildman–Crippen MR) is 83.3 cm³/mol. The molecule has 0 spiro atoms. The Bertz CT molecular complexity index is 414. The second kappa shape index (κ2) is 5.88. The van der Waals surface area contributed by atoms with E-state index in [0.717, 1.165) is 23.5 Å². The molecule has 104 valence electrons. The van der Waals surface area contributed by atoms with E-state index in [0.29, 0.717) is 0 Å².